The highest BCUT2D eigenvalue weighted by molar-refractivity contribution is 9.10. The molecule has 94 valence electrons. The van der Waals surface area contributed by atoms with Gasteiger partial charge in [-0.2, -0.15) is 0 Å². The normalized spacial score (nSPS) is 12.8. The zero-order valence-corrected chi connectivity index (χ0v) is 11.5. The molecule has 1 amide bonds. The quantitative estimate of drug-likeness (QED) is 0.907. The van der Waals surface area contributed by atoms with Crippen molar-refractivity contribution >= 4 is 21.8 Å². The predicted octanol–water partition coefficient (Wildman–Crippen LogP) is 2.28. The van der Waals surface area contributed by atoms with E-state index in [0.717, 1.165) is 4.47 Å². The fourth-order valence-corrected chi connectivity index (χ4v) is 2.18. The Labute approximate surface area is 109 Å². The molecule has 0 saturated carbocycles. The van der Waals surface area contributed by atoms with Crippen molar-refractivity contribution in [1.29, 1.82) is 0 Å². The van der Waals surface area contributed by atoms with Crippen LogP contribution in [0.4, 0.5) is 4.39 Å². The molecular formula is C12H16BrFN2O. The van der Waals surface area contributed by atoms with Crippen molar-refractivity contribution < 1.29 is 9.18 Å². The zero-order chi connectivity index (χ0) is 13.0. The number of primary amides is 1. The summed E-state index contributed by atoms with van der Waals surface area (Å²) in [6.45, 7) is 2.23. The van der Waals surface area contributed by atoms with Crippen LogP contribution < -0.4 is 5.73 Å². The highest BCUT2D eigenvalue weighted by Gasteiger charge is 2.19. The summed E-state index contributed by atoms with van der Waals surface area (Å²) in [4.78, 5) is 12.9. The maximum Gasteiger partial charge on any atom is 0.234 e. The molecule has 1 aromatic carbocycles. The lowest BCUT2D eigenvalue weighted by atomic mass is 10.1. The third kappa shape index (κ3) is 3.78. The molecular weight excluding hydrogens is 287 g/mol. The first-order chi connectivity index (χ1) is 7.95. The Morgan fingerprint density at radius 1 is 1.59 bits per heavy atom. The van der Waals surface area contributed by atoms with Crippen LogP contribution in [0.15, 0.2) is 22.7 Å². The van der Waals surface area contributed by atoms with Gasteiger partial charge in [0.2, 0.25) is 5.91 Å². The molecule has 1 atom stereocenters. The van der Waals surface area contributed by atoms with E-state index >= 15 is 0 Å². The topological polar surface area (TPSA) is 46.3 Å². The van der Waals surface area contributed by atoms with E-state index in [4.69, 9.17) is 5.73 Å². The average molecular weight is 303 g/mol. The van der Waals surface area contributed by atoms with Crippen molar-refractivity contribution in [3.8, 4) is 0 Å². The van der Waals surface area contributed by atoms with E-state index in [-0.39, 0.29) is 17.8 Å². The summed E-state index contributed by atoms with van der Waals surface area (Å²) < 4.78 is 14.3. The van der Waals surface area contributed by atoms with Gasteiger partial charge in [-0.25, -0.2) is 4.39 Å². The third-order valence-electron chi connectivity index (χ3n) is 2.67. The Kier molecular flexibility index (Phi) is 5.08. The molecule has 0 saturated heterocycles. The van der Waals surface area contributed by atoms with Crippen LogP contribution in [0, 0.1) is 5.82 Å². The largest absolute Gasteiger partial charge is 0.368 e. The average Bonchev–Trinajstić information content (AvgIpc) is 2.24. The van der Waals surface area contributed by atoms with Crippen LogP contribution in [-0.4, -0.2) is 23.9 Å². The first-order valence-electron chi connectivity index (χ1n) is 5.39. The molecule has 0 aliphatic carbocycles. The van der Waals surface area contributed by atoms with Crippen molar-refractivity contribution in [2.24, 2.45) is 5.73 Å². The van der Waals surface area contributed by atoms with E-state index in [9.17, 15) is 9.18 Å². The number of likely N-dealkylation sites (N-methyl/N-ethyl adjacent to an activating group) is 1. The maximum atomic E-state index is 13.5. The van der Waals surface area contributed by atoms with Crippen molar-refractivity contribution in [2.75, 3.05) is 7.05 Å². The van der Waals surface area contributed by atoms with Crippen LogP contribution in [0.2, 0.25) is 0 Å². The molecule has 5 heteroatoms. The number of nitrogens with zero attached hydrogens (tertiary/aromatic N) is 1. The first-order valence-corrected chi connectivity index (χ1v) is 6.18. The lowest BCUT2D eigenvalue weighted by molar-refractivity contribution is -0.123. The van der Waals surface area contributed by atoms with E-state index in [0.29, 0.717) is 18.5 Å². The van der Waals surface area contributed by atoms with Gasteiger partial charge in [0.05, 0.1) is 6.04 Å². The van der Waals surface area contributed by atoms with Crippen LogP contribution >= 0.6 is 15.9 Å². The molecule has 0 aliphatic rings. The Morgan fingerprint density at radius 2 is 2.24 bits per heavy atom. The van der Waals surface area contributed by atoms with E-state index in [1.807, 2.05) is 6.92 Å². The number of hydrogen-bond acceptors (Lipinski definition) is 2. The van der Waals surface area contributed by atoms with Gasteiger partial charge in [0.25, 0.3) is 0 Å². The Bertz CT molecular complexity index is 411. The minimum atomic E-state index is -0.384. The minimum Gasteiger partial charge on any atom is -0.368 e. The number of halogens is 2. The fourth-order valence-electron chi connectivity index (χ4n) is 1.77. The second-order valence-corrected chi connectivity index (χ2v) is 4.89. The van der Waals surface area contributed by atoms with Crippen molar-refractivity contribution in [1.82, 2.24) is 4.90 Å². The molecule has 0 radical (unpaired) electrons. The van der Waals surface area contributed by atoms with Crippen LogP contribution in [0.25, 0.3) is 0 Å². The highest BCUT2D eigenvalue weighted by atomic mass is 79.9. The molecule has 3 nitrogen and oxygen atoms in total. The first kappa shape index (κ1) is 14.1. The van der Waals surface area contributed by atoms with E-state index in [2.05, 4.69) is 15.9 Å². The molecule has 1 aromatic rings. The molecule has 0 aliphatic heterocycles. The van der Waals surface area contributed by atoms with Crippen LogP contribution in [0.5, 0.6) is 0 Å². The molecule has 1 rings (SSSR count). The monoisotopic (exact) mass is 302 g/mol. The van der Waals surface area contributed by atoms with Gasteiger partial charge in [-0.15, -0.1) is 0 Å². The summed E-state index contributed by atoms with van der Waals surface area (Å²) in [5.41, 5.74) is 5.83. The van der Waals surface area contributed by atoms with Crippen LogP contribution in [0.1, 0.15) is 18.9 Å². The molecule has 17 heavy (non-hydrogen) atoms. The lowest BCUT2D eigenvalue weighted by Gasteiger charge is -2.24. The summed E-state index contributed by atoms with van der Waals surface area (Å²) >= 11 is 3.29. The van der Waals surface area contributed by atoms with Crippen LogP contribution in [0.3, 0.4) is 0 Å². The summed E-state index contributed by atoms with van der Waals surface area (Å²) in [7, 11) is 1.76. The lowest BCUT2D eigenvalue weighted by Crippen LogP contribution is -2.41. The summed E-state index contributed by atoms with van der Waals surface area (Å²) in [6, 6.07) is 4.38. The van der Waals surface area contributed by atoms with Gasteiger partial charge in [0.1, 0.15) is 5.82 Å². The smallest absolute Gasteiger partial charge is 0.234 e. The van der Waals surface area contributed by atoms with Gasteiger partial charge in [-0.3, -0.25) is 9.69 Å². The summed E-state index contributed by atoms with van der Waals surface area (Å²) in [5.74, 6) is -0.662. The Balaban J connectivity index is 2.83. The number of nitrogens with two attached hydrogens (primary N) is 1. The highest BCUT2D eigenvalue weighted by Crippen LogP contribution is 2.18. The van der Waals surface area contributed by atoms with Gasteiger partial charge < -0.3 is 5.73 Å². The van der Waals surface area contributed by atoms with Crippen molar-refractivity contribution in [3.05, 3.63) is 34.1 Å². The number of amides is 1. The summed E-state index contributed by atoms with van der Waals surface area (Å²) in [6.07, 6.45) is 0.613. The maximum absolute atomic E-state index is 13.5. The van der Waals surface area contributed by atoms with E-state index in [1.165, 1.54) is 6.07 Å². The minimum absolute atomic E-state index is 0.278. The molecule has 0 aromatic heterocycles. The predicted molar refractivity (Wildman–Crippen MR) is 68.8 cm³/mol. The number of rotatable bonds is 5. The summed E-state index contributed by atoms with van der Waals surface area (Å²) in [5, 5.41) is 0. The zero-order valence-electron chi connectivity index (χ0n) is 9.91. The third-order valence-corrected chi connectivity index (χ3v) is 3.17. The van der Waals surface area contributed by atoms with Gasteiger partial charge in [-0.1, -0.05) is 22.9 Å². The van der Waals surface area contributed by atoms with Gasteiger partial charge in [0, 0.05) is 16.6 Å². The molecule has 0 spiro atoms. The number of carbonyl (C=O) groups is 1. The van der Waals surface area contributed by atoms with E-state index < -0.39 is 0 Å². The second kappa shape index (κ2) is 6.12. The second-order valence-electron chi connectivity index (χ2n) is 3.98. The number of hydrogen-bond donors (Lipinski definition) is 1. The molecule has 0 fully saturated rings. The van der Waals surface area contributed by atoms with E-state index in [1.54, 1.807) is 24.1 Å². The Hall–Kier alpha value is -0.940. The molecule has 0 bridgehead atoms. The Morgan fingerprint density at radius 3 is 2.76 bits per heavy atom. The number of carbonyl (C=O) groups excluding carboxylic acids is 1. The molecule has 1 unspecified atom stereocenters. The molecule has 0 heterocycles. The van der Waals surface area contributed by atoms with Gasteiger partial charge >= 0.3 is 0 Å². The SMILES string of the molecule is CCC(C(N)=O)N(C)Cc1cc(Br)ccc1F. The fraction of sp³-hybridized carbons (Fsp3) is 0.417. The van der Waals surface area contributed by atoms with Crippen molar-refractivity contribution in [3.63, 3.8) is 0 Å². The molecule has 2 N–H and O–H groups in total. The van der Waals surface area contributed by atoms with Crippen LogP contribution in [-0.2, 0) is 11.3 Å². The van der Waals surface area contributed by atoms with Gasteiger partial charge in [-0.05, 0) is 31.7 Å². The van der Waals surface area contributed by atoms with Gasteiger partial charge in [0.15, 0.2) is 0 Å². The van der Waals surface area contributed by atoms with Crippen molar-refractivity contribution in [2.45, 2.75) is 25.9 Å². The standard InChI is InChI=1S/C12H16BrFN2O/c1-3-11(12(15)17)16(2)7-8-6-9(13)4-5-10(8)14/h4-6,11H,3,7H2,1-2H3,(H2,15,17). The number of benzene rings is 1.